The third-order valence-corrected chi connectivity index (χ3v) is 5.07. The summed E-state index contributed by atoms with van der Waals surface area (Å²) in [5, 5.41) is 4.80. The van der Waals surface area contributed by atoms with Crippen LogP contribution in [0.15, 0.2) is 0 Å². The van der Waals surface area contributed by atoms with Crippen LogP contribution in [0.2, 0.25) is 0 Å². The predicted molar refractivity (Wildman–Crippen MR) is 81.3 cm³/mol. The number of hydrogen-bond donors (Lipinski definition) is 1. The SMILES string of the molecule is CCC(N)c1c(C)nn(C2CCOC3(CCOC3)C2)c1C. The Labute approximate surface area is 126 Å². The van der Waals surface area contributed by atoms with Crippen molar-refractivity contribution in [2.75, 3.05) is 19.8 Å². The first-order valence-corrected chi connectivity index (χ1v) is 8.09. The van der Waals surface area contributed by atoms with E-state index in [1.54, 1.807) is 0 Å². The molecular weight excluding hydrogens is 266 g/mol. The summed E-state index contributed by atoms with van der Waals surface area (Å²) in [6.45, 7) is 8.68. The molecule has 3 atom stereocenters. The molecule has 5 nitrogen and oxygen atoms in total. The molecule has 0 aromatic carbocycles. The van der Waals surface area contributed by atoms with Crippen molar-refractivity contribution in [2.45, 2.75) is 64.1 Å². The van der Waals surface area contributed by atoms with E-state index in [4.69, 9.17) is 20.3 Å². The molecule has 0 bridgehead atoms. The average molecular weight is 293 g/mol. The molecule has 1 aromatic heterocycles. The Morgan fingerprint density at radius 1 is 1.43 bits per heavy atom. The highest BCUT2D eigenvalue weighted by Gasteiger charge is 2.42. The van der Waals surface area contributed by atoms with Crippen LogP contribution in [0.5, 0.6) is 0 Å². The van der Waals surface area contributed by atoms with Gasteiger partial charge in [-0.1, -0.05) is 6.92 Å². The number of ether oxygens (including phenoxy) is 2. The maximum atomic E-state index is 6.26. The molecule has 1 aromatic rings. The van der Waals surface area contributed by atoms with Crippen LogP contribution in [-0.2, 0) is 9.47 Å². The number of nitrogens with zero attached hydrogens (tertiary/aromatic N) is 2. The lowest BCUT2D eigenvalue weighted by Gasteiger charge is -2.37. The van der Waals surface area contributed by atoms with E-state index >= 15 is 0 Å². The first-order chi connectivity index (χ1) is 10.1. The molecular formula is C16H27N3O2. The molecule has 3 unspecified atom stereocenters. The maximum absolute atomic E-state index is 6.26. The van der Waals surface area contributed by atoms with E-state index < -0.39 is 0 Å². The van der Waals surface area contributed by atoms with E-state index in [-0.39, 0.29) is 11.6 Å². The minimum atomic E-state index is -0.0811. The van der Waals surface area contributed by atoms with E-state index in [2.05, 4.69) is 25.5 Å². The van der Waals surface area contributed by atoms with Crippen molar-refractivity contribution in [1.29, 1.82) is 0 Å². The van der Waals surface area contributed by atoms with Gasteiger partial charge in [0, 0.05) is 43.4 Å². The number of hydrogen-bond acceptors (Lipinski definition) is 4. The third kappa shape index (κ3) is 2.62. The Morgan fingerprint density at radius 3 is 2.90 bits per heavy atom. The van der Waals surface area contributed by atoms with Crippen molar-refractivity contribution in [2.24, 2.45) is 5.73 Å². The second-order valence-electron chi connectivity index (χ2n) is 6.52. The Balaban J connectivity index is 1.86. The van der Waals surface area contributed by atoms with Crippen LogP contribution in [0, 0.1) is 13.8 Å². The monoisotopic (exact) mass is 293 g/mol. The maximum Gasteiger partial charge on any atom is 0.0957 e. The van der Waals surface area contributed by atoms with E-state index in [1.165, 1.54) is 11.3 Å². The summed E-state index contributed by atoms with van der Waals surface area (Å²) in [4.78, 5) is 0. The molecule has 21 heavy (non-hydrogen) atoms. The highest BCUT2D eigenvalue weighted by Crippen LogP contribution is 2.39. The molecule has 2 aliphatic rings. The van der Waals surface area contributed by atoms with Crippen molar-refractivity contribution in [3.8, 4) is 0 Å². The fourth-order valence-electron chi connectivity index (χ4n) is 3.85. The van der Waals surface area contributed by atoms with Crippen molar-refractivity contribution < 1.29 is 9.47 Å². The van der Waals surface area contributed by atoms with Crippen LogP contribution in [0.1, 0.15) is 61.6 Å². The lowest BCUT2D eigenvalue weighted by molar-refractivity contribution is -0.0965. The molecule has 118 valence electrons. The smallest absolute Gasteiger partial charge is 0.0957 e. The van der Waals surface area contributed by atoms with Gasteiger partial charge in [0.25, 0.3) is 0 Å². The largest absolute Gasteiger partial charge is 0.378 e. The van der Waals surface area contributed by atoms with Crippen LogP contribution in [0.4, 0.5) is 0 Å². The Bertz CT molecular complexity index is 506. The zero-order valence-corrected chi connectivity index (χ0v) is 13.4. The molecule has 2 aliphatic heterocycles. The van der Waals surface area contributed by atoms with Crippen LogP contribution in [0.3, 0.4) is 0 Å². The second-order valence-corrected chi connectivity index (χ2v) is 6.52. The van der Waals surface area contributed by atoms with Crippen molar-refractivity contribution in [3.63, 3.8) is 0 Å². The first-order valence-electron chi connectivity index (χ1n) is 8.09. The summed E-state index contributed by atoms with van der Waals surface area (Å²) in [7, 11) is 0. The molecule has 2 N–H and O–H groups in total. The van der Waals surface area contributed by atoms with Crippen molar-refractivity contribution in [1.82, 2.24) is 9.78 Å². The normalized spacial score (nSPS) is 31.0. The summed E-state index contributed by atoms with van der Waals surface area (Å²) in [5.41, 5.74) is 9.70. The van der Waals surface area contributed by atoms with Crippen LogP contribution in [-0.4, -0.2) is 35.2 Å². The fraction of sp³-hybridized carbons (Fsp3) is 0.812. The summed E-state index contributed by atoms with van der Waals surface area (Å²) in [6, 6.07) is 0.485. The zero-order valence-electron chi connectivity index (χ0n) is 13.4. The third-order valence-electron chi connectivity index (χ3n) is 5.07. The fourth-order valence-corrected chi connectivity index (χ4v) is 3.85. The molecule has 0 saturated carbocycles. The Morgan fingerprint density at radius 2 is 2.24 bits per heavy atom. The van der Waals surface area contributed by atoms with Gasteiger partial charge in [0.05, 0.1) is 23.9 Å². The lowest BCUT2D eigenvalue weighted by Crippen LogP contribution is -2.41. The predicted octanol–water partition coefficient (Wildman–Crippen LogP) is 2.42. The number of aryl methyl sites for hydroxylation is 1. The molecule has 0 radical (unpaired) electrons. The van der Waals surface area contributed by atoms with Gasteiger partial charge in [-0.15, -0.1) is 0 Å². The van der Waals surface area contributed by atoms with Crippen molar-refractivity contribution >= 4 is 0 Å². The summed E-state index contributed by atoms with van der Waals surface area (Å²) in [6.07, 6.45) is 3.96. The average Bonchev–Trinajstić information content (AvgIpc) is 3.03. The van der Waals surface area contributed by atoms with E-state index in [9.17, 15) is 0 Å². The molecule has 1 spiro atoms. The highest BCUT2D eigenvalue weighted by molar-refractivity contribution is 5.28. The second kappa shape index (κ2) is 5.71. The van der Waals surface area contributed by atoms with Crippen LogP contribution in [0.25, 0.3) is 0 Å². The first kappa shape index (κ1) is 15.0. The van der Waals surface area contributed by atoms with Gasteiger partial charge in [0.15, 0.2) is 0 Å². The molecule has 2 saturated heterocycles. The summed E-state index contributed by atoms with van der Waals surface area (Å²) in [5.74, 6) is 0. The van der Waals surface area contributed by atoms with Gasteiger partial charge in [-0.25, -0.2) is 0 Å². The Kier molecular flexibility index (Phi) is 4.08. The van der Waals surface area contributed by atoms with Gasteiger partial charge in [-0.05, 0) is 26.7 Å². The van der Waals surface area contributed by atoms with Crippen LogP contribution < -0.4 is 5.73 Å². The molecule has 3 heterocycles. The number of nitrogens with two attached hydrogens (primary N) is 1. The quantitative estimate of drug-likeness (QED) is 0.929. The Hall–Kier alpha value is -0.910. The van der Waals surface area contributed by atoms with Crippen molar-refractivity contribution in [3.05, 3.63) is 17.0 Å². The van der Waals surface area contributed by atoms with Gasteiger partial charge in [0.2, 0.25) is 0 Å². The van der Waals surface area contributed by atoms with Gasteiger partial charge in [0.1, 0.15) is 0 Å². The van der Waals surface area contributed by atoms with Crippen LogP contribution >= 0.6 is 0 Å². The van der Waals surface area contributed by atoms with Gasteiger partial charge < -0.3 is 15.2 Å². The zero-order chi connectivity index (χ0) is 15.0. The molecule has 5 heteroatoms. The number of rotatable bonds is 3. The lowest BCUT2D eigenvalue weighted by atomic mass is 9.89. The minimum absolute atomic E-state index is 0.0811. The van der Waals surface area contributed by atoms with Gasteiger partial charge in [-0.2, -0.15) is 5.10 Å². The van der Waals surface area contributed by atoms with E-state index in [0.29, 0.717) is 6.04 Å². The van der Waals surface area contributed by atoms with E-state index in [1.807, 2.05) is 0 Å². The topological polar surface area (TPSA) is 62.3 Å². The summed E-state index contributed by atoms with van der Waals surface area (Å²) < 4.78 is 13.8. The van der Waals surface area contributed by atoms with Gasteiger partial charge >= 0.3 is 0 Å². The molecule has 2 fully saturated rings. The minimum Gasteiger partial charge on any atom is -0.378 e. The molecule has 3 rings (SSSR count). The number of aromatic nitrogens is 2. The summed E-state index contributed by atoms with van der Waals surface area (Å²) >= 11 is 0. The highest BCUT2D eigenvalue weighted by atomic mass is 16.6. The van der Waals surface area contributed by atoms with E-state index in [0.717, 1.165) is 51.2 Å². The standard InChI is InChI=1S/C16H27N3O2/c1-4-14(17)15-11(2)18-19(12(15)3)13-5-7-21-16(9-13)6-8-20-10-16/h13-14H,4-10,17H2,1-3H3. The van der Waals surface area contributed by atoms with Gasteiger partial charge in [-0.3, -0.25) is 4.68 Å². The molecule has 0 aliphatic carbocycles. The molecule has 0 amide bonds.